The molecule has 2 N–H and O–H groups in total. The molecule has 2 aliphatic rings. The lowest BCUT2D eigenvalue weighted by Gasteiger charge is -2.34. The number of nitrogens with two attached hydrogens (primary N) is 1. The van der Waals surface area contributed by atoms with Crippen molar-refractivity contribution in [2.75, 3.05) is 13.1 Å². The predicted molar refractivity (Wildman–Crippen MR) is 92.5 cm³/mol. The van der Waals surface area contributed by atoms with Gasteiger partial charge in [0.1, 0.15) is 0 Å². The molecular weight excluding hydrogens is 364 g/mol. The number of aromatic nitrogens is 2. The maximum Gasteiger partial charge on any atom is 0.259 e. The summed E-state index contributed by atoms with van der Waals surface area (Å²) < 4.78 is 32.3. The van der Waals surface area contributed by atoms with Gasteiger partial charge >= 0.3 is 0 Å². The van der Waals surface area contributed by atoms with Crippen molar-refractivity contribution in [2.24, 2.45) is 5.73 Å². The quantitative estimate of drug-likeness (QED) is 0.871. The fourth-order valence-corrected chi connectivity index (χ4v) is 4.96. The second-order valence-electron chi connectivity index (χ2n) is 6.69. The van der Waals surface area contributed by atoms with Crippen LogP contribution in [0.1, 0.15) is 37.9 Å². The van der Waals surface area contributed by atoms with Gasteiger partial charge in [0.15, 0.2) is 5.82 Å². The molecule has 0 amide bonds. The van der Waals surface area contributed by atoms with Gasteiger partial charge in [-0.3, -0.25) is 0 Å². The Hall–Kier alpha value is -1.48. The fourth-order valence-electron chi connectivity index (χ4n) is 3.22. The van der Waals surface area contributed by atoms with Crippen molar-refractivity contribution in [1.29, 1.82) is 0 Å². The van der Waals surface area contributed by atoms with E-state index in [2.05, 4.69) is 10.1 Å². The first-order valence-electron chi connectivity index (χ1n) is 8.33. The smallest absolute Gasteiger partial charge is 0.259 e. The van der Waals surface area contributed by atoms with Crippen molar-refractivity contribution >= 4 is 21.6 Å². The normalized spacial score (nSPS) is 20.6. The zero-order valence-electron chi connectivity index (χ0n) is 13.6. The molecule has 1 aromatic heterocycles. The summed E-state index contributed by atoms with van der Waals surface area (Å²) in [5.41, 5.74) is 6.07. The third-order valence-corrected chi connectivity index (χ3v) is 7.21. The molecule has 1 aliphatic carbocycles. The van der Waals surface area contributed by atoms with Crippen LogP contribution in [0, 0.1) is 0 Å². The van der Waals surface area contributed by atoms with E-state index in [1.165, 1.54) is 16.4 Å². The first-order valence-corrected chi connectivity index (χ1v) is 10.2. The topological polar surface area (TPSA) is 102 Å². The van der Waals surface area contributed by atoms with E-state index in [4.69, 9.17) is 21.9 Å². The first-order chi connectivity index (χ1) is 11.9. The Kier molecular flexibility index (Phi) is 4.10. The van der Waals surface area contributed by atoms with Gasteiger partial charge in [0.2, 0.25) is 10.0 Å². The van der Waals surface area contributed by atoms with Crippen LogP contribution in [-0.4, -0.2) is 36.0 Å². The van der Waals surface area contributed by atoms with Crippen LogP contribution in [0.5, 0.6) is 0 Å². The van der Waals surface area contributed by atoms with E-state index >= 15 is 0 Å². The van der Waals surface area contributed by atoms with Crippen molar-refractivity contribution in [1.82, 2.24) is 14.4 Å². The molecule has 134 valence electrons. The Morgan fingerprint density at radius 3 is 2.56 bits per heavy atom. The number of hydrogen-bond donors (Lipinski definition) is 1. The number of halogens is 1. The summed E-state index contributed by atoms with van der Waals surface area (Å²) >= 11 is 6.24. The number of hydrogen-bond acceptors (Lipinski definition) is 6. The fraction of sp³-hybridized carbons (Fsp3) is 0.500. The number of benzene rings is 1. The molecule has 1 saturated heterocycles. The molecule has 2 aromatic rings. The standard InChI is InChI=1S/C16H19ClN4O3S/c17-13-5-4-11(25(22,23)21-8-1-2-9-21)10-12(13)14-19-15(20-24-14)16(18)6-3-7-16/h4-5,10H,1-3,6-9,18H2. The van der Waals surface area contributed by atoms with Gasteiger partial charge in [-0.05, 0) is 50.3 Å². The predicted octanol–water partition coefficient (Wildman–Crippen LogP) is 2.51. The molecule has 1 saturated carbocycles. The van der Waals surface area contributed by atoms with Gasteiger partial charge in [0, 0.05) is 13.1 Å². The number of rotatable bonds is 4. The molecule has 4 rings (SSSR count). The van der Waals surface area contributed by atoms with E-state index in [1.54, 1.807) is 6.07 Å². The van der Waals surface area contributed by atoms with Crippen LogP contribution >= 0.6 is 11.6 Å². The molecule has 2 fully saturated rings. The molecule has 1 aromatic carbocycles. The van der Waals surface area contributed by atoms with Gasteiger partial charge in [-0.1, -0.05) is 16.8 Å². The summed E-state index contributed by atoms with van der Waals surface area (Å²) in [6.45, 7) is 1.08. The highest BCUT2D eigenvalue weighted by Gasteiger charge is 2.39. The van der Waals surface area contributed by atoms with E-state index in [-0.39, 0.29) is 10.8 Å². The molecular formula is C16H19ClN4O3S. The minimum atomic E-state index is -3.54. The van der Waals surface area contributed by atoms with Crippen LogP contribution in [-0.2, 0) is 15.6 Å². The minimum Gasteiger partial charge on any atom is -0.334 e. The molecule has 7 nitrogen and oxygen atoms in total. The summed E-state index contributed by atoms with van der Waals surface area (Å²) in [5, 5.41) is 4.32. The van der Waals surface area contributed by atoms with Crippen LogP contribution in [0.4, 0.5) is 0 Å². The summed E-state index contributed by atoms with van der Waals surface area (Å²) in [7, 11) is -3.54. The molecule has 0 spiro atoms. The van der Waals surface area contributed by atoms with Gasteiger partial charge < -0.3 is 10.3 Å². The maximum atomic E-state index is 12.7. The van der Waals surface area contributed by atoms with Crippen molar-refractivity contribution in [3.8, 4) is 11.5 Å². The van der Waals surface area contributed by atoms with E-state index in [0.717, 1.165) is 32.1 Å². The second-order valence-corrected chi connectivity index (χ2v) is 9.03. The minimum absolute atomic E-state index is 0.180. The van der Waals surface area contributed by atoms with Gasteiger partial charge in [0.05, 0.1) is 21.0 Å². The lowest BCUT2D eigenvalue weighted by molar-refractivity contribution is 0.229. The monoisotopic (exact) mass is 382 g/mol. The average molecular weight is 383 g/mol. The van der Waals surface area contributed by atoms with Gasteiger partial charge in [0.25, 0.3) is 5.89 Å². The Labute approximate surface area is 151 Å². The van der Waals surface area contributed by atoms with E-state index in [1.807, 2.05) is 0 Å². The number of nitrogens with zero attached hydrogens (tertiary/aromatic N) is 3. The molecule has 9 heteroatoms. The average Bonchev–Trinajstić information content (AvgIpc) is 3.25. The van der Waals surface area contributed by atoms with E-state index < -0.39 is 15.6 Å². The lowest BCUT2D eigenvalue weighted by Crippen LogP contribution is -2.44. The Morgan fingerprint density at radius 1 is 1.20 bits per heavy atom. The zero-order valence-corrected chi connectivity index (χ0v) is 15.2. The molecule has 0 unspecified atom stereocenters. The molecule has 0 bridgehead atoms. The second kappa shape index (κ2) is 6.05. The van der Waals surface area contributed by atoms with Gasteiger partial charge in [-0.15, -0.1) is 0 Å². The van der Waals surface area contributed by atoms with Crippen LogP contribution in [0.25, 0.3) is 11.5 Å². The summed E-state index contributed by atoms with van der Waals surface area (Å²) in [6.07, 6.45) is 4.41. The first kappa shape index (κ1) is 17.0. The molecule has 1 aliphatic heterocycles. The van der Waals surface area contributed by atoms with Crippen molar-refractivity contribution in [2.45, 2.75) is 42.5 Å². The van der Waals surface area contributed by atoms with E-state index in [9.17, 15) is 8.42 Å². The Bertz CT molecular complexity index is 902. The Morgan fingerprint density at radius 2 is 1.92 bits per heavy atom. The SMILES string of the molecule is NC1(c2noc(-c3cc(S(=O)(=O)N4CCCC4)ccc3Cl)n2)CCC1. The Balaban J connectivity index is 1.71. The lowest BCUT2D eigenvalue weighted by atomic mass is 9.77. The maximum absolute atomic E-state index is 12.7. The van der Waals surface area contributed by atoms with Crippen molar-refractivity contribution < 1.29 is 12.9 Å². The molecule has 0 radical (unpaired) electrons. The van der Waals surface area contributed by atoms with Crippen LogP contribution in [0.15, 0.2) is 27.6 Å². The largest absolute Gasteiger partial charge is 0.334 e. The zero-order chi connectivity index (χ0) is 17.7. The third kappa shape index (κ3) is 2.87. The third-order valence-electron chi connectivity index (χ3n) is 4.99. The van der Waals surface area contributed by atoms with Crippen LogP contribution in [0.2, 0.25) is 5.02 Å². The highest BCUT2D eigenvalue weighted by Crippen LogP contribution is 2.38. The van der Waals surface area contributed by atoms with Crippen LogP contribution < -0.4 is 5.73 Å². The van der Waals surface area contributed by atoms with Crippen LogP contribution in [0.3, 0.4) is 0 Å². The summed E-state index contributed by atoms with van der Waals surface area (Å²) in [6, 6.07) is 4.55. The highest BCUT2D eigenvalue weighted by atomic mass is 35.5. The molecule has 25 heavy (non-hydrogen) atoms. The van der Waals surface area contributed by atoms with Gasteiger partial charge in [-0.25, -0.2) is 8.42 Å². The number of sulfonamides is 1. The molecule has 0 atom stereocenters. The van der Waals surface area contributed by atoms with Gasteiger partial charge in [-0.2, -0.15) is 9.29 Å². The molecule has 2 heterocycles. The summed E-state index contributed by atoms with van der Waals surface area (Å²) in [5.74, 6) is 0.632. The van der Waals surface area contributed by atoms with Crippen molar-refractivity contribution in [3.63, 3.8) is 0 Å². The van der Waals surface area contributed by atoms with E-state index in [0.29, 0.717) is 29.5 Å². The summed E-state index contributed by atoms with van der Waals surface area (Å²) in [4.78, 5) is 4.54. The van der Waals surface area contributed by atoms with Crippen molar-refractivity contribution in [3.05, 3.63) is 29.0 Å². The highest BCUT2D eigenvalue weighted by molar-refractivity contribution is 7.89.